The average Bonchev–Trinajstić information content (AvgIpc) is 2.77. The molecule has 0 spiro atoms. The third kappa shape index (κ3) is 4.27. The molecule has 6 nitrogen and oxygen atoms in total. The number of hydrogen-bond acceptors (Lipinski definition) is 5. The van der Waals surface area contributed by atoms with Gasteiger partial charge in [0, 0.05) is 24.0 Å². The van der Waals surface area contributed by atoms with Gasteiger partial charge in [-0.15, -0.1) is 0 Å². The molecule has 0 aliphatic carbocycles. The van der Waals surface area contributed by atoms with Crippen LogP contribution in [0.5, 0.6) is 0 Å². The van der Waals surface area contributed by atoms with Crippen LogP contribution in [0.2, 0.25) is 0 Å². The first kappa shape index (κ1) is 15.5. The predicted octanol–water partition coefficient (Wildman–Crippen LogP) is 0.262. The van der Waals surface area contributed by atoms with Gasteiger partial charge in [-0.1, -0.05) is 0 Å². The van der Waals surface area contributed by atoms with E-state index in [1.165, 1.54) is 17.1 Å². The molecule has 104 valence electrons. The van der Waals surface area contributed by atoms with Crippen molar-refractivity contribution < 1.29 is 8.42 Å². The smallest absolute Gasteiger partial charge is 0.243 e. The Morgan fingerprint density at radius 3 is 2.78 bits per heavy atom. The van der Waals surface area contributed by atoms with Gasteiger partial charge >= 0.3 is 0 Å². The molecule has 0 atom stereocenters. The Balaban J connectivity index is 2.74. The maximum atomic E-state index is 12.0. The van der Waals surface area contributed by atoms with E-state index in [9.17, 15) is 8.42 Å². The first-order valence-electron chi connectivity index (χ1n) is 5.58. The van der Waals surface area contributed by atoms with Crippen molar-refractivity contribution in [3.05, 3.63) is 12.4 Å². The average molecular weight is 292 g/mol. The lowest BCUT2D eigenvalue weighted by Gasteiger charge is -2.21. The maximum absolute atomic E-state index is 12.0. The van der Waals surface area contributed by atoms with Crippen LogP contribution in [0.25, 0.3) is 0 Å². The zero-order chi connectivity index (χ0) is 13.8. The molecule has 18 heavy (non-hydrogen) atoms. The molecule has 3 N–H and O–H groups in total. The quantitative estimate of drug-likeness (QED) is 0.752. The Kier molecular flexibility index (Phi) is 5.20. The fourth-order valence-electron chi connectivity index (χ4n) is 1.16. The Morgan fingerprint density at radius 1 is 1.56 bits per heavy atom. The molecule has 0 aliphatic rings. The van der Waals surface area contributed by atoms with E-state index in [2.05, 4.69) is 9.82 Å². The third-order valence-corrected chi connectivity index (χ3v) is 5.12. The van der Waals surface area contributed by atoms with Crippen LogP contribution in [0.1, 0.15) is 13.8 Å². The minimum atomic E-state index is -3.49. The van der Waals surface area contributed by atoms with Crippen molar-refractivity contribution in [2.75, 3.05) is 19.3 Å². The van der Waals surface area contributed by atoms with E-state index in [4.69, 9.17) is 5.73 Å². The van der Waals surface area contributed by atoms with Gasteiger partial charge in [0.25, 0.3) is 0 Å². The Morgan fingerprint density at radius 2 is 2.22 bits per heavy atom. The van der Waals surface area contributed by atoms with Crippen molar-refractivity contribution >= 4 is 21.8 Å². The molecule has 0 amide bonds. The van der Waals surface area contributed by atoms with Crippen molar-refractivity contribution in [1.82, 2.24) is 14.5 Å². The highest BCUT2D eigenvalue weighted by Crippen LogP contribution is 2.20. The van der Waals surface area contributed by atoms with Crippen LogP contribution in [0.15, 0.2) is 17.3 Å². The molecule has 0 bridgehead atoms. The molecule has 0 radical (unpaired) electrons. The van der Waals surface area contributed by atoms with Crippen molar-refractivity contribution in [1.29, 1.82) is 0 Å². The normalized spacial score (nSPS) is 12.9. The molecule has 1 heterocycles. The van der Waals surface area contributed by atoms with Crippen LogP contribution in [-0.4, -0.2) is 42.3 Å². The molecule has 0 unspecified atom stereocenters. The number of rotatable bonds is 7. The van der Waals surface area contributed by atoms with Crippen LogP contribution < -0.4 is 10.5 Å². The molecular weight excluding hydrogens is 272 g/mol. The van der Waals surface area contributed by atoms with Gasteiger partial charge in [-0.3, -0.25) is 4.68 Å². The minimum absolute atomic E-state index is 0.139. The molecule has 1 aromatic rings. The minimum Gasteiger partial charge on any atom is -0.329 e. The summed E-state index contributed by atoms with van der Waals surface area (Å²) in [6.45, 7) is 5.27. The van der Waals surface area contributed by atoms with Crippen molar-refractivity contribution in [3.8, 4) is 0 Å². The van der Waals surface area contributed by atoms with E-state index in [0.717, 1.165) is 0 Å². The largest absolute Gasteiger partial charge is 0.329 e. The van der Waals surface area contributed by atoms with Crippen LogP contribution in [-0.2, 0) is 16.6 Å². The van der Waals surface area contributed by atoms with Crippen molar-refractivity contribution in [3.63, 3.8) is 0 Å². The molecule has 0 aliphatic heterocycles. The molecule has 0 aromatic carbocycles. The second-order valence-electron chi connectivity index (χ2n) is 4.52. The number of thioether (sulfide) groups is 1. The first-order valence-corrected chi connectivity index (χ1v) is 8.29. The highest BCUT2D eigenvalue weighted by atomic mass is 32.2. The number of sulfonamides is 1. The molecule has 8 heteroatoms. The van der Waals surface area contributed by atoms with Gasteiger partial charge in [0.05, 0.1) is 12.7 Å². The molecular formula is C10H20N4O2S2. The second kappa shape index (κ2) is 6.05. The summed E-state index contributed by atoms with van der Waals surface area (Å²) in [4.78, 5) is 0.174. The first-order chi connectivity index (χ1) is 8.30. The Bertz CT molecular complexity index is 482. The summed E-state index contributed by atoms with van der Waals surface area (Å²) in [6, 6.07) is 0. The van der Waals surface area contributed by atoms with Gasteiger partial charge in [0.15, 0.2) is 0 Å². The van der Waals surface area contributed by atoms with Gasteiger partial charge in [-0.05, 0) is 20.1 Å². The van der Waals surface area contributed by atoms with Gasteiger partial charge in [0.2, 0.25) is 10.0 Å². The fourth-order valence-corrected chi connectivity index (χ4v) is 2.63. The topological polar surface area (TPSA) is 90.0 Å². The van der Waals surface area contributed by atoms with E-state index < -0.39 is 10.0 Å². The zero-order valence-corrected chi connectivity index (χ0v) is 12.5. The number of nitrogens with one attached hydrogen (secondary N) is 1. The van der Waals surface area contributed by atoms with E-state index in [1.54, 1.807) is 11.8 Å². The van der Waals surface area contributed by atoms with E-state index in [1.807, 2.05) is 20.1 Å². The molecule has 0 fully saturated rings. The van der Waals surface area contributed by atoms with Crippen molar-refractivity contribution in [2.24, 2.45) is 5.73 Å². The summed E-state index contributed by atoms with van der Waals surface area (Å²) >= 11 is 1.61. The van der Waals surface area contributed by atoms with E-state index >= 15 is 0 Å². The molecule has 1 aromatic heterocycles. The van der Waals surface area contributed by atoms with Gasteiger partial charge in [-0.2, -0.15) is 16.9 Å². The highest BCUT2D eigenvalue weighted by Gasteiger charge is 2.22. The predicted molar refractivity (Wildman–Crippen MR) is 74.1 cm³/mol. The third-order valence-electron chi connectivity index (χ3n) is 2.52. The lowest BCUT2D eigenvalue weighted by Crippen LogP contribution is -2.35. The molecule has 0 saturated heterocycles. The number of nitrogens with zero attached hydrogens (tertiary/aromatic N) is 2. The van der Waals surface area contributed by atoms with Crippen LogP contribution in [0, 0.1) is 0 Å². The SMILES string of the molecule is CSC(C)(C)CNS(=O)(=O)c1cnn(CCN)c1. The number of aromatic nitrogens is 2. The van der Waals surface area contributed by atoms with Gasteiger partial charge in [0.1, 0.15) is 4.90 Å². The second-order valence-corrected chi connectivity index (χ2v) is 7.80. The van der Waals surface area contributed by atoms with E-state index in [0.29, 0.717) is 19.6 Å². The van der Waals surface area contributed by atoms with Crippen LogP contribution >= 0.6 is 11.8 Å². The fraction of sp³-hybridized carbons (Fsp3) is 0.700. The summed E-state index contributed by atoms with van der Waals surface area (Å²) in [5, 5.41) is 3.95. The highest BCUT2D eigenvalue weighted by molar-refractivity contribution is 8.00. The standard InChI is InChI=1S/C10H20N4O2S2/c1-10(2,17-3)8-13-18(15,16)9-6-12-14(7-9)5-4-11/h6-7,13H,4-5,8,11H2,1-3H3. The van der Waals surface area contributed by atoms with Crippen molar-refractivity contribution in [2.45, 2.75) is 30.0 Å². The lowest BCUT2D eigenvalue weighted by atomic mass is 10.2. The summed E-state index contributed by atoms with van der Waals surface area (Å²) < 4.78 is 28.0. The zero-order valence-electron chi connectivity index (χ0n) is 10.9. The monoisotopic (exact) mass is 292 g/mol. The molecule has 0 saturated carbocycles. The van der Waals surface area contributed by atoms with Gasteiger partial charge < -0.3 is 5.73 Å². The summed E-state index contributed by atoms with van der Waals surface area (Å²) in [7, 11) is -3.49. The molecule has 1 rings (SSSR count). The van der Waals surface area contributed by atoms with Crippen LogP contribution in [0.4, 0.5) is 0 Å². The van der Waals surface area contributed by atoms with Gasteiger partial charge in [-0.25, -0.2) is 13.1 Å². The van der Waals surface area contributed by atoms with E-state index in [-0.39, 0.29) is 9.64 Å². The summed E-state index contributed by atoms with van der Waals surface area (Å²) in [5.74, 6) is 0. The summed E-state index contributed by atoms with van der Waals surface area (Å²) in [6.07, 6.45) is 4.78. The Labute approximate surface area is 112 Å². The Hall–Kier alpha value is -0.570. The maximum Gasteiger partial charge on any atom is 0.243 e. The van der Waals surface area contributed by atoms with Crippen LogP contribution in [0.3, 0.4) is 0 Å². The number of nitrogens with two attached hydrogens (primary N) is 1. The lowest BCUT2D eigenvalue weighted by molar-refractivity contribution is 0.570. The summed E-state index contributed by atoms with van der Waals surface area (Å²) in [5.41, 5.74) is 5.38. The number of hydrogen-bond donors (Lipinski definition) is 2.